The molecule has 124 valence electrons. The highest BCUT2D eigenvalue weighted by Crippen LogP contribution is 2.16. The minimum atomic E-state index is -0.587. The van der Waals surface area contributed by atoms with Gasteiger partial charge in [-0.1, -0.05) is 29.3 Å². The zero-order chi connectivity index (χ0) is 17.7. The quantitative estimate of drug-likeness (QED) is 0.515. The Balaban J connectivity index is 2.17. The topological polar surface area (TPSA) is 87.7 Å². The monoisotopic (exact) mass is 353 g/mol. The molecule has 0 fully saturated rings. The van der Waals surface area contributed by atoms with Crippen LogP contribution in [-0.2, 0) is 0 Å². The van der Waals surface area contributed by atoms with E-state index < -0.39 is 16.5 Å². The summed E-state index contributed by atoms with van der Waals surface area (Å²) in [5.41, 5.74) is 0.185. The van der Waals surface area contributed by atoms with Gasteiger partial charge in [0.1, 0.15) is 10.9 Å². The van der Waals surface area contributed by atoms with E-state index in [0.29, 0.717) is 21.6 Å². The fourth-order valence-corrected chi connectivity index (χ4v) is 3.01. The molecule has 0 bridgehead atoms. The first kappa shape index (κ1) is 15.4. The molecule has 0 amide bonds. The first-order valence-electron chi connectivity index (χ1n) is 7.53. The molecule has 0 atom stereocenters. The van der Waals surface area contributed by atoms with Crippen molar-refractivity contribution >= 4 is 33.4 Å². The third-order valence-corrected chi connectivity index (χ3v) is 4.35. The molecule has 0 radical (unpaired) electrons. The Labute approximate surface area is 145 Å². The van der Waals surface area contributed by atoms with Crippen LogP contribution in [0, 0.1) is 6.92 Å². The summed E-state index contributed by atoms with van der Waals surface area (Å²) >= 11 is 5.94. The largest absolute Gasteiger partial charge is 0.350 e. The molecule has 0 unspecified atom stereocenters. The third-order valence-electron chi connectivity index (χ3n) is 4.11. The number of hydrogen-bond donors (Lipinski definition) is 2. The molecule has 0 saturated carbocycles. The molecule has 0 aliphatic carbocycles. The zero-order valence-corrected chi connectivity index (χ0v) is 13.8. The van der Waals surface area contributed by atoms with Crippen molar-refractivity contribution in [2.24, 2.45) is 0 Å². The SMILES string of the molecule is Cc1ccc(-n2[nH]c(=O)c3[nH]c4cc(Cl)ccc4c(=O)c3c2=O)cc1. The predicted molar refractivity (Wildman–Crippen MR) is 98.0 cm³/mol. The Morgan fingerprint density at radius 2 is 1.72 bits per heavy atom. The van der Waals surface area contributed by atoms with Crippen LogP contribution in [0.2, 0.25) is 5.02 Å². The lowest BCUT2D eigenvalue weighted by atomic mass is 10.1. The molecular formula is C18H12ClN3O3. The molecule has 0 aliphatic heterocycles. The number of benzene rings is 2. The molecule has 2 aromatic carbocycles. The highest BCUT2D eigenvalue weighted by molar-refractivity contribution is 6.31. The van der Waals surface area contributed by atoms with Crippen molar-refractivity contribution in [1.82, 2.24) is 14.8 Å². The predicted octanol–water partition coefficient (Wildman–Crippen LogP) is 2.48. The van der Waals surface area contributed by atoms with Gasteiger partial charge in [-0.25, -0.2) is 4.68 Å². The maximum absolute atomic E-state index is 12.8. The van der Waals surface area contributed by atoms with Crippen LogP contribution >= 0.6 is 11.6 Å². The molecule has 0 aliphatic rings. The Morgan fingerprint density at radius 3 is 2.44 bits per heavy atom. The van der Waals surface area contributed by atoms with Crippen LogP contribution in [0.4, 0.5) is 0 Å². The van der Waals surface area contributed by atoms with Crippen molar-refractivity contribution in [3.63, 3.8) is 0 Å². The normalized spacial score (nSPS) is 11.3. The Kier molecular flexibility index (Phi) is 3.36. The van der Waals surface area contributed by atoms with Crippen molar-refractivity contribution in [2.45, 2.75) is 6.92 Å². The molecular weight excluding hydrogens is 342 g/mol. The van der Waals surface area contributed by atoms with Gasteiger partial charge in [0.15, 0.2) is 0 Å². The molecule has 4 rings (SSSR count). The number of aromatic amines is 2. The van der Waals surface area contributed by atoms with E-state index in [4.69, 9.17) is 11.6 Å². The molecule has 0 saturated heterocycles. The van der Waals surface area contributed by atoms with E-state index in [-0.39, 0.29) is 10.9 Å². The summed E-state index contributed by atoms with van der Waals surface area (Å²) in [5, 5.41) is 3.05. The van der Waals surface area contributed by atoms with Crippen molar-refractivity contribution in [3.8, 4) is 5.69 Å². The minimum Gasteiger partial charge on any atom is -0.350 e. The Hall–Kier alpha value is -3.12. The molecule has 0 spiro atoms. The maximum atomic E-state index is 12.8. The molecule has 2 heterocycles. The molecule has 2 aromatic heterocycles. The van der Waals surface area contributed by atoms with Crippen LogP contribution in [0.5, 0.6) is 0 Å². The van der Waals surface area contributed by atoms with Crippen LogP contribution in [0.1, 0.15) is 5.56 Å². The number of halogens is 1. The fraction of sp³-hybridized carbons (Fsp3) is 0.0556. The number of aromatic nitrogens is 3. The van der Waals surface area contributed by atoms with E-state index in [1.807, 2.05) is 19.1 Å². The van der Waals surface area contributed by atoms with Crippen LogP contribution in [-0.4, -0.2) is 14.8 Å². The van der Waals surface area contributed by atoms with Gasteiger partial charge >= 0.3 is 0 Å². The zero-order valence-electron chi connectivity index (χ0n) is 13.1. The van der Waals surface area contributed by atoms with E-state index in [1.54, 1.807) is 24.3 Å². The van der Waals surface area contributed by atoms with Crippen LogP contribution < -0.4 is 16.5 Å². The summed E-state index contributed by atoms with van der Waals surface area (Å²) in [5.74, 6) is 0. The number of nitrogens with one attached hydrogen (secondary N) is 2. The second-order valence-corrected chi connectivity index (χ2v) is 6.25. The lowest BCUT2D eigenvalue weighted by molar-refractivity contribution is 0.799. The average Bonchev–Trinajstić information content (AvgIpc) is 2.58. The van der Waals surface area contributed by atoms with Crippen molar-refractivity contribution in [2.75, 3.05) is 0 Å². The van der Waals surface area contributed by atoms with Gasteiger partial charge in [-0.15, -0.1) is 0 Å². The minimum absolute atomic E-state index is 0.0619. The number of fused-ring (bicyclic) bond motifs is 2. The molecule has 6 nitrogen and oxygen atoms in total. The molecule has 2 N–H and O–H groups in total. The second-order valence-electron chi connectivity index (χ2n) is 5.81. The van der Waals surface area contributed by atoms with Gasteiger partial charge in [0.25, 0.3) is 11.1 Å². The smallest absolute Gasteiger partial charge is 0.287 e. The van der Waals surface area contributed by atoms with Crippen LogP contribution in [0.3, 0.4) is 0 Å². The number of hydrogen-bond acceptors (Lipinski definition) is 3. The lowest BCUT2D eigenvalue weighted by Gasteiger charge is -2.08. The fourth-order valence-electron chi connectivity index (χ4n) is 2.83. The highest BCUT2D eigenvalue weighted by Gasteiger charge is 2.15. The summed E-state index contributed by atoms with van der Waals surface area (Å²) in [7, 11) is 0. The van der Waals surface area contributed by atoms with Crippen molar-refractivity contribution in [3.05, 3.63) is 84.0 Å². The number of rotatable bonds is 1. The standard InChI is InChI=1S/C18H12ClN3O3/c1-9-2-5-11(6-3-9)22-18(25)14-15(17(24)21-22)20-13-8-10(19)4-7-12(13)16(14)23/h2-8H,1H3,(H,20,23)(H,21,24). The maximum Gasteiger partial charge on any atom is 0.287 e. The van der Waals surface area contributed by atoms with E-state index in [9.17, 15) is 14.4 Å². The summed E-state index contributed by atoms with van der Waals surface area (Å²) in [6, 6.07) is 11.7. The number of H-pyrrole nitrogens is 2. The van der Waals surface area contributed by atoms with Crippen LogP contribution in [0.25, 0.3) is 27.5 Å². The average molecular weight is 354 g/mol. The first-order chi connectivity index (χ1) is 12.0. The highest BCUT2D eigenvalue weighted by atomic mass is 35.5. The number of aryl methyl sites for hydroxylation is 1. The van der Waals surface area contributed by atoms with Gasteiger partial charge in [0, 0.05) is 10.4 Å². The summed E-state index contributed by atoms with van der Waals surface area (Å²) < 4.78 is 1.08. The van der Waals surface area contributed by atoms with E-state index in [0.717, 1.165) is 10.2 Å². The van der Waals surface area contributed by atoms with Gasteiger partial charge in [0.05, 0.1) is 11.2 Å². The summed E-state index contributed by atoms with van der Waals surface area (Å²) in [6.07, 6.45) is 0. The van der Waals surface area contributed by atoms with E-state index in [1.165, 1.54) is 6.07 Å². The Bertz CT molecular complexity index is 1310. The lowest BCUT2D eigenvalue weighted by Crippen LogP contribution is -2.32. The molecule has 7 heteroatoms. The van der Waals surface area contributed by atoms with E-state index >= 15 is 0 Å². The summed E-state index contributed by atoms with van der Waals surface area (Å²) in [4.78, 5) is 40.9. The first-order valence-corrected chi connectivity index (χ1v) is 7.91. The second kappa shape index (κ2) is 5.46. The molecule has 4 aromatic rings. The van der Waals surface area contributed by atoms with E-state index in [2.05, 4.69) is 10.1 Å². The molecule has 25 heavy (non-hydrogen) atoms. The van der Waals surface area contributed by atoms with Gasteiger partial charge in [-0.3, -0.25) is 19.5 Å². The number of pyridine rings is 1. The third kappa shape index (κ3) is 2.38. The number of nitrogens with zero attached hydrogens (tertiary/aromatic N) is 1. The summed E-state index contributed by atoms with van der Waals surface area (Å²) in [6.45, 7) is 1.91. The van der Waals surface area contributed by atoms with Gasteiger partial charge in [-0.05, 0) is 37.3 Å². The van der Waals surface area contributed by atoms with Gasteiger partial charge in [-0.2, -0.15) is 0 Å². The van der Waals surface area contributed by atoms with Crippen molar-refractivity contribution < 1.29 is 0 Å². The van der Waals surface area contributed by atoms with Crippen LogP contribution in [0.15, 0.2) is 56.8 Å². The van der Waals surface area contributed by atoms with Gasteiger partial charge < -0.3 is 4.98 Å². The van der Waals surface area contributed by atoms with Gasteiger partial charge in [0.2, 0.25) is 5.43 Å². The van der Waals surface area contributed by atoms with Crippen molar-refractivity contribution in [1.29, 1.82) is 0 Å². The Morgan fingerprint density at radius 1 is 1.00 bits per heavy atom.